The Bertz CT molecular complexity index is 824. The number of hydrogen-bond donors (Lipinski definition) is 0. The quantitative estimate of drug-likeness (QED) is 0.852. The van der Waals surface area contributed by atoms with Crippen molar-refractivity contribution in [2.45, 2.75) is 57.0 Å². The second-order valence-corrected chi connectivity index (χ2v) is 7.54. The van der Waals surface area contributed by atoms with Crippen LogP contribution in [-0.4, -0.2) is 38.4 Å². The molecule has 0 aromatic carbocycles. The number of rotatable bonds is 2. The molecule has 5 rings (SSSR count). The largest absolute Gasteiger partial charge is 0.296 e. The molecule has 3 heterocycles. The molecule has 5 heteroatoms. The summed E-state index contributed by atoms with van der Waals surface area (Å²) in [5, 5.41) is 5.68. The van der Waals surface area contributed by atoms with Gasteiger partial charge in [0.15, 0.2) is 0 Å². The number of aromatic nitrogens is 3. The van der Waals surface area contributed by atoms with Gasteiger partial charge in [-0.15, -0.1) is 0 Å². The highest BCUT2D eigenvalue weighted by atomic mass is 16.1. The van der Waals surface area contributed by atoms with Gasteiger partial charge in [0, 0.05) is 37.1 Å². The highest BCUT2D eigenvalue weighted by Crippen LogP contribution is 2.34. The lowest BCUT2D eigenvalue weighted by Crippen LogP contribution is -2.56. The van der Waals surface area contributed by atoms with Crippen molar-refractivity contribution in [3.05, 3.63) is 27.7 Å². The maximum absolute atomic E-state index is 13.2. The number of hydrogen-bond acceptors (Lipinski definition) is 3. The molecule has 1 saturated heterocycles. The molecular weight excluding hydrogens is 288 g/mol. The van der Waals surface area contributed by atoms with Crippen molar-refractivity contribution in [3.8, 4) is 0 Å². The van der Waals surface area contributed by atoms with Gasteiger partial charge in [-0.2, -0.15) is 5.10 Å². The second-order valence-electron chi connectivity index (χ2n) is 7.54. The first-order valence-corrected chi connectivity index (χ1v) is 9.06. The van der Waals surface area contributed by atoms with Crippen LogP contribution in [0.15, 0.2) is 11.0 Å². The summed E-state index contributed by atoms with van der Waals surface area (Å²) < 4.78 is 3.97. The Morgan fingerprint density at radius 2 is 1.78 bits per heavy atom. The van der Waals surface area contributed by atoms with Crippen LogP contribution in [0.3, 0.4) is 0 Å². The minimum Gasteiger partial charge on any atom is -0.296 e. The van der Waals surface area contributed by atoms with Gasteiger partial charge < -0.3 is 0 Å². The van der Waals surface area contributed by atoms with E-state index in [0.717, 1.165) is 49.6 Å². The number of pyridine rings is 1. The highest BCUT2D eigenvalue weighted by Gasteiger charge is 2.38. The van der Waals surface area contributed by atoms with Crippen LogP contribution in [0.25, 0.3) is 11.0 Å². The second kappa shape index (κ2) is 4.94. The van der Waals surface area contributed by atoms with Gasteiger partial charge >= 0.3 is 0 Å². The van der Waals surface area contributed by atoms with Gasteiger partial charge in [-0.25, -0.2) is 0 Å². The Morgan fingerprint density at radius 3 is 2.48 bits per heavy atom. The zero-order valence-corrected chi connectivity index (χ0v) is 13.8. The summed E-state index contributed by atoms with van der Waals surface area (Å²) in [7, 11) is 1.97. The molecule has 2 aliphatic carbocycles. The molecule has 0 amide bonds. The molecule has 2 fully saturated rings. The Morgan fingerprint density at radius 1 is 1.04 bits per heavy atom. The summed E-state index contributed by atoms with van der Waals surface area (Å²) in [6.07, 6.45) is 10.3. The molecule has 3 aliphatic rings. The number of likely N-dealkylation sites (tertiary alicyclic amines) is 1. The van der Waals surface area contributed by atoms with E-state index in [1.54, 1.807) is 0 Å². The van der Waals surface area contributed by atoms with E-state index >= 15 is 0 Å². The lowest BCUT2D eigenvalue weighted by atomic mass is 9.87. The van der Waals surface area contributed by atoms with Crippen LogP contribution in [0, 0.1) is 0 Å². The van der Waals surface area contributed by atoms with Crippen LogP contribution in [-0.2, 0) is 19.9 Å². The predicted molar refractivity (Wildman–Crippen MR) is 89.9 cm³/mol. The van der Waals surface area contributed by atoms with Crippen molar-refractivity contribution in [1.82, 2.24) is 19.2 Å². The van der Waals surface area contributed by atoms with Crippen molar-refractivity contribution in [2.24, 2.45) is 7.05 Å². The van der Waals surface area contributed by atoms with Crippen LogP contribution in [0.2, 0.25) is 0 Å². The zero-order valence-electron chi connectivity index (χ0n) is 13.8. The molecule has 0 unspecified atom stereocenters. The van der Waals surface area contributed by atoms with E-state index in [4.69, 9.17) is 0 Å². The SMILES string of the molecule is Cn1ncc2c3c(c(=O)n(C4CN(C5CCC5)C4)c21)CCCC3. The third-order valence-corrected chi connectivity index (χ3v) is 6.25. The summed E-state index contributed by atoms with van der Waals surface area (Å²) in [6.45, 7) is 2.06. The van der Waals surface area contributed by atoms with Gasteiger partial charge in [0.2, 0.25) is 0 Å². The van der Waals surface area contributed by atoms with Gasteiger partial charge in [0.25, 0.3) is 5.56 Å². The van der Waals surface area contributed by atoms with Crippen molar-refractivity contribution < 1.29 is 0 Å². The summed E-state index contributed by atoms with van der Waals surface area (Å²) in [5.41, 5.74) is 3.64. The summed E-state index contributed by atoms with van der Waals surface area (Å²) >= 11 is 0. The minimum atomic E-state index is 0.258. The van der Waals surface area contributed by atoms with Crippen molar-refractivity contribution in [3.63, 3.8) is 0 Å². The van der Waals surface area contributed by atoms with E-state index < -0.39 is 0 Å². The van der Waals surface area contributed by atoms with Crippen molar-refractivity contribution >= 4 is 11.0 Å². The van der Waals surface area contributed by atoms with E-state index in [-0.39, 0.29) is 5.56 Å². The van der Waals surface area contributed by atoms with E-state index in [1.807, 2.05) is 17.9 Å². The lowest BCUT2D eigenvalue weighted by Gasteiger charge is -2.48. The van der Waals surface area contributed by atoms with E-state index in [0.29, 0.717) is 6.04 Å². The fourth-order valence-electron chi connectivity index (χ4n) is 4.65. The van der Waals surface area contributed by atoms with E-state index in [1.165, 1.54) is 36.6 Å². The Hall–Kier alpha value is -1.62. The predicted octanol–water partition coefficient (Wildman–Crippen LogP) is 2.02. The fraction of sp³-hybridized carbons (Fsp3) is 0.667. The molecular formula is C18H24N4O. The molecule has 0 spiro atoms. The zero-order chi connectivity index (χ0) is 15.6. The third-order valence-electron chi connectivity index (χ3n) is 6.25. The fourth-order valence-corrected chi connectivity index (χ4v) is 4.65. The first-order valence-electron chi connectivity index (χ1n) is 9.06. The molecule has 5 nitrogen and oxygen atoms in total. The first-order chi connectivity index (χ1) is 11.2. The maximum atomic E-state index is 13.2. The molecule has 1 saturated carbocycles. The lowest BCUT2D eigenvalue weighted by molar-refractivity contribution is 0.0226. The molecule has 0 atom stereocenters. The summed E-state index contributed by atoms with van der Waals surface area (Å²) in [6, 6.07) is 1.11. The minimum absolute atomic E-state index is 0.258. The van der Waals surface area contributed by atoms with Crippen molar-refractivity contribution in [1.29, 1.82) is 0 Å². The van der Waals surface area contributed by atoms with Crippen LogP contribution >= 0.6 is 0 Å². The van der Waals surface area contributed by atoms with Crippen LogP contribution in [0.4, 0.5) is 0 Å². The van der Waals surface area contributed by atoms with Gasteiger partial charge in [0.05, 0.1) is 12.2 Å². The Balaban J connectivity index is 1.61. The maximum Gasteiger partial charge on any atom is 0.256 e. The molecule has 23 heavy (non-hydrogen) atoms. The Kier molecular flexibility index (Phi) is 2.96. The van der Waals surface area contributed by atoms with Crippen LogP contribution in [0.5, 0.6) is 0 Å². The molecule has 2 aromatic rings. The normalized spacial score (nSPS) is 22.8. The van der Waals surface area contributed by atoms with Crippen LogP contribution in [0.1, 0.15) is 49.3 Å². The molecule has 1 aliphatic heterocycles. The number of aryl methyl sites for hydroxylation is 2. The van der Waals surface area contributed by atoms with Gasteiger partial charge in [-0.05, 0) is 44.1 Å². The average Bonchev–Trinajstić information content (AvgIpc) is 2.85. The standard InChI is InChI=1S/C18H24N4O/c1-20-17-16(9-19-20)14-7-2-3-8-15(14)18(23)22(17)13-10-21(11-13)12-5-4-6-12/h9,12-13H,2-8,10-11H2,1H3. The number of fused-ring (bicyclic) bond motifs is 3. The molecule has 0 bridgehead atoms. The molecule has 0 N–H and O–H groups in total. The Labute approximate surface area is 135 Å². The van der Waals surface area contributed by atoms with Gasteiger partial charge in [-0.1, -0.05) is 6.42 Å². The summed E-state index contributed by atoms with van der Waals surface area (Å²) in [4.78, 5) is 15.7. The highest BCUT2D eigenvalue weighted by molar-refractivity contribution is 5.81. The molecule has 122 valence electrons. The molecule has 0 radical (unpaired) electrons. The van der Waals surface area contributed by atoms with Gasteiger partial charge in [0.1, 0.15) is 5.65 Å². The average molecular weight is 312 g/mol. The van der Waals surface area contributed by atoms with E-state index in [9.17, 15) is 4.79 Å². The topological polar surface area (TPSA) is 43.1 Å². The number of nitrogens with zero attached hydrogens (tertiary/aromatic N) is 4. The smallest absolute Gasteiger partial charge is 0.256 e. The van der Waals surface area contributed by atoms with E-state index in [2.05, 4.69) is 14.6 Å². The molecule has 2 aromatic heterocycles. The van der Waals surface area contributed by atoms with Gasteiger partial charge in [-0.3, -0.25) is 18.9 Å². The first kappa shape index (κ1) is 13.8. The third kappa shape index (κ3) is 1.89. The van der Waals surface area contributed by atoms with Crippen molar-refractivity contribution in [2.75, 3.05) is 13.1 Å². The van der Waals surface area contributed by atoms with Crippen LogP contribution < -0.4 is 5.56 Å². The summed E-state index contributed by atoms with van der Waals surface area (Å²) in [5.74, 6) is 0. The monoisotopic (exact) mass is 312 g/mol.